The van der Waals surface area contributed by atoms with E-state index >= 15 is 0 Å². The third-order valence-corrected chi connectivity index (χ3v) is 17.6. The fraction of sp³-hybridized carbons (Fsp3) is 0.212. The molecule has 3 aromatic heterocycles. The van der Waals surface area contributed by atoms with E-state index in [0.29, 0.717) is 98.0 Å². The summed E-state index contributed by atoms with van der Waals surface area (Å²) in [4.78, 5) is 58.1. The Morgan fingerprint density at radius 1 is 0.330 bits per heavy atom. The first-order chi connectivity index (χ1) is 55.6. The molecule has 1 aliphatic rings. The standard InChI is InChI=1S/C99H74N6O10/c1-13-22-23-24-25-26-27-28-29-30-31-32-33-34-35-36-37-38-39-40-41-42-43-44-45-46-47-48-49-50-51-52-53-54-87(100(71(11)106)85-68-91(111)104(98(85)114)95-81(18-6)64-75(65-82(95)19-7)58-73-60-77(14-2)93(78(15-3)61-73)102-88(108)55-56-89(102)109)101(72(12)107)86-69-92(112)105(99(86)115)96-83(20-8)66-76(67-84(96)21-9)59-74-62-79(16-4)94(80(17-5)63-74)103-90(110)57-70(10)97(103)113/h55-57,60-69,110-115H,1,14-21,58-59H2,2-12H3. The van der Waals surface area contributed by atoms with Crippen molar-refractivity contribution in [3.63, 3.8) is 0 Å². The molecule has 0 saturated carbocycles. The molecule has 16 nitrogen and oxygen atoms in total. The van der Waals surface area contributed by atoms with Crippen LogP contribution in [0.3, 0.4) is 0 Å². The highest BCUT2D eigenvalue weighted by atomic mass is 16.3. The van der Waals surface area contributed by atoms with Gasteiger partial charge < -0.3 is 30.6 Å². The Kier molecular flexibility index (Phi) is 30.2. The third-order valence-electron chi connectivity index (χ3n) is 17.6. The Bertz CT molecular complexity index is 6660. The van der Waals surface area contributed by atoms with Crippen LogP contribution in [0.5, 0.6) is 35.3 Å². The van der Waals surface area contributed by atoms with Crippen LogP contribution in [0.15, 0.2) is 286 Å². The first kappa shape index (κ1) is 84.2. The summed E-state index contributed by atoms with van der Waals surface area (Å²) in [6.07, 6.45) is 7.44. The lowest BCUT2D eigenvalue weighted by molar-refractivity contribution is -0.120. The molecule has 4 aromatic carbocycles. The van der Waals surface area contributed by atoms with E-state index in [-0.39, 0.29) is 23.1 Å². The van der Waals surface area contributed by atoms with E-state index in [2.05, 4.69) is 214 Å². The van der Waals surface area contributed by atoms with Gasteiger partial charge in [0.1, 0.15) is 11.4 Å². The van der Waals surface area contributed by atoms with Gasteiger partial charge in [0.15, 0.2) is 11.7 Å². The lowest BCUT2D eigenvalue weighted by Crippen LogP contribution is -2.40. The van der Waals surface area contributed by atoms with Gasteiger partial charge in [0, 0.05) is 141 Å². The summed E-state index contributed by atoms with van der Waals surface area (Å²) < 4.78 is 3.91. The highest BCUT2D eigenvalue weighted by Gasteiger charge is 2.36. The number of rotatable bonds is 20. The molecule has 0 fully saturated rings. The molecular weight excluding hydrogens is 1430 g/mol. The molecule has 0 spiro atoms. The average molecular weight is 1510 g/mol. The predicted molar refractivity (Wildman–Crippen MR) is 436 cm³/mol. The van der Waals surface area contributed by atoms with Crippen LogP contribution in [0.1, 0.15) is 142 Å². The van der Waals surface area contributed by atoms with Crippen molar-refractivity contribution in [3.8, 4) is 52.3 Å². The largest absolute Gasteiger partial charge is 0.494 e. The number of aromatic nitrogens is 3. The van der Waals surface area contributed by atoms with Crippen molar-refractivity contribution in [1.29, 1.82) is 0 Å². The molecule has 7 aromatic rings. The van der Waals surface area contributed by atoms with Crippen LogP contribution in [-0.4, -0.2) is 68.0 Å². The summed E-state index contributed by atoms with van der Waals surface area (Å²) in [6, 6.07) is 19.9. The maximum Gasteiger partial charge on any atom is 0.258 e. The van der Waals surface area contributed by atoms with Crippen LogP contribution >= 0.6 is 0 Å². The summed E-state index contributed by atoms with van der Waals surface area (Å²) in [7, 11) is 0. The van der Waals surface area contributed by atoms with Crippen LogP contribution in [0.25, 0.3) is 17.1 Å². The van der Waals surface area contributed by atoms with Gasteiger partial charge in [-0.15, -0.1) is 0 Å². The predicted octanol–water partition coefficient (Wildman–Crippen LogP) is 16.9. The third kappa shape index (κ3) is 20.7. The van der Waals surface area contributed by atoms with Crippen LogP contribution in [-0.2, 0) is 83.4 Å². The smallest absolute Gasteiger partial charge is 0.258 e. The highest BCUT2D eigenvalue weighted by molar-refractivity contribution is 6.28. The molecule has 115 heavy (non-hydrogen) atoms. The molecule has 0 bridgehead atoms. The van der Waals surface area contributed by atoms with Gasteiger partial charge in [0.2, 0.25) is 41.2 Å². The molecular formula is C99H74N6O10. The second-order valence-electron chi connectivity index (χ2n) is 24.9. The second kappa shape index (κ2) is 41.2. The molecule has 4 heterocycles. The first-order valence-corrected chi connectivity index (χ1v) is 36.4. The number of anilines is 3. The number of hydrogen-bond acceptors (Lipinski definition) is 10. The molecule has 6 N–H and O–H groups in total. The summed E-state index contributed by atoms with van der Waals surface area (Å²) in [5, 5.41) is 71.8. The van der Waals surface area contributed by atoms with Crippen molar-refractivity contribution in [2.45, 2.75) is 140 Å². The van der Waals surface area contributed by atoms with Gasteiger partial charge in [-0.2, -0.15) is 0 Å². The van der Waals surface area contributed by atoms with Gasteiger partial charge >= 0.3 is 0 Å². The number of carbonyl (C=O) groups is 4. The van der Waals surface area contributed by atoms with E-state index in [1.807, 2.05) is 91.8 Å². The Morgan fingerprint density at radius 3 is 0.783 bits per heavy atom. The molecule has 1 aliphatic heterocycles. The molecule has 0 saturated heterocycles. The topological polar surface area (TPSA) is 214 Å². The molecule has 0 atom stereocenters. The van der Waals surface area contributed by atoms with E-state index in [1.54, 1.807) is 6.92 Å². The summed E-state index contributed by atoms with van der Waals surface area (Å²) >= 11 is 0. The Balaban J connectivity index is 1.26. The zero-order chi connectivity index (χ0) is 83.1. The minimum atomic E-state index is -0.824. The van der Waals surface area contributed by atoms with Gasteiger partial charge in [0.25, 0.3) is 11.8 Å². The highest BCUT2D eigenvalue weighted by Crippen LogP contribution is 2.47. The molecule has 16 heteroatoms. The number of hydrogen-bond donors (Lipinski definition) is 6. The van der Waals surface area contributed by atoms with Crippen molar-refractivity contribution in [2.24, 2.45) is 0 Å². The van der Waals surface area contributed by atoms with Crippen LogP contribution in [0.2, 0.25) is 0 Å². The van der Waals surface area contributed by atoms with Crippen molar-refractivity contribution < 1.29 is 49.8 Å². The number of benzene rings is 4. The quantitative estimate of drug-likeness (QED) is 0.0314. The van der Waals surface area contributed by atoms with Gasteiger partial charge in [0.05, 0.1) is 22.7 Å². The lowest BCUT2D eigenvalue weighted by Gasteiger charge is -2.29. The monoisotopic (exact) mass is 1510 g/mol. The molecule has 8 rings (SSSR count). The number of aryl methyl sites for hydroxylation is 9. The fourth-order valence-electron chi connectivity index (χ4n) is 12.8. The van der Waals surface area contributed by atoms with Crippen molar-refractivity contribution in [1.82, 2.24) is 13.7 Å². The second-order valence-corrected chi connectivity index (χ2v) is 24.9. The van der Waals surface area contributed by atoms with E-state index in [1.165, 1.54) is 36.8 Å². The summed E-state index contributed by atoms with van der Waals surface area (Å²) in [5.74, 6) is -5.29. The molecule has 0 unspecified atom stereocenters. The lowest BCUT2D eigenvalue weighted by atomic mass is 9.92. The molecule has 560 valence electrons. The van der Waals surface area contributed by atoms with Crippen LogP contribution in [0, 0.1) is 6.92 Å². The van der Waals surface area contributed by atoms with Crippen molar-refractivity contribution in [2.75, 3.05) is 14.7 Å². The number of aromatic hydroxyl groups is 6. The number of amides is 4. The Labute approximate surface area is 666 Å². The zero-order valence-corrected chi connectivity index (χ0v) is 65.3. The van der Waals surface area contributed by atoms with Gasteiger partial charge in [-0.1, -0.05) is 110 Å². The van der Waals surface area contributed by atoms with Gasteiger partial charge in [-0.25, -0.2) is 14.0 Å². The maximum absolute atomic E-state index is 14.6. The Hall–Kier alpha value is -16.4. The summed E-state index contributed by atoms with van der Waals surface area (Å²) in [6.45, 7) is 23.1. The fourth-order valence-corrected chi connectivity index (χ4v) is 12.8. The molecule has 0 radical (unpaired) electrons. The van der Waals surface area contributed by atoms with Crippen molar-refractivity contribution in [3.05, 3.63) is 358 Å². The van der Waals surface area contributed by atoms with E-state index in [4.69, 9.17) is 0 Å². The minimum absolute atomic E-state index is 0.0408. The minimum Gasteiger partial charge on any atom is -0.494 e. The number of carbonyl (C=O) groups excluding carboxylic acids is 4. The number of nitrogens with zero attached hydrogens (tertiary/aromatic N) is 6. The summed E-state index contributed by atoms with van der Waals surface area (Å²) in [5.41, 5.74) is 98.0. The number of imide groups is 1. The van der Waals surface area contributed by atoms with Gasteiger partial charge in [-0.3, -0.25) is 33.5 Å². The van der Waals surface area contributed by atoms with E-state index in [0.717, 1.165) is 97.1 Å². The van der Waals surface area contributed by atoms with Crippen LogP contribution < -0.4 is 14.7 Å². The normalized spacial score (nSPS) is 9.85. The first-order valence-electron chi connectivity index (χ1n) is 36.4. The SMILES string of the molecule is C=C=C=C=C=C=C=C=C=C=C=C=C=C=C=C=C=C=C=C=C=C=C=C=C=C=C=C=C=C=C=C=C=C=C=C(N(C(C)=O)c1cc(O)n(-c2c(CC)cc(Cc3cc(CC)c(N4C(=O)C=CC4=O)c(CC)c3)cc2CC)c1O)N(C(C)=O)c1cc(O)n(-c2c(CC)cc(Cc3cc(CC)c(-n4c(O)cc(C)c4O)c(CC)c3)cc2CC)c1O. The maximum atomic E-state index is 14.6. The molecule has 4 amide bonds. The van der Waals surface area contributed by atoms with E-state index in [9.17, 15) is 49.8 Å². The van der Waals surface area contributed by atoms with E-state index < -0.39 is 53.0 Å². The van der Waals surface area contributed by atoms with Gasteiger partial charge in [-0.05, 0) is 242 Å². The molecule has 0 aliphatic carbocycles. The average Bonchev–Trinajstić information content (AvgIpc) is 1.63. The van der Waals surface area contributed by atoms with Crippen molar-refractivity contribution >= 4 is 40.7 Å². The van der Waals surface area contributed by atoms with Crippen LogP contribution in [0.4, 0.5) is 17.1 Å². The zero-order valence-electron chi connectivity index (χ0n) is 65.3. The Morgan fingerprint density at radius 2 is 0.557 bits per heavy atom.